The number of halogens is 1. The number of nitrogens with zero attached hydrogens (tertiary/aromatic N) is 3. The van der Waals surface area contributed by atoms with Gasteiger partial charge in [-0.2, -0.15) is 0 Å². The molecule has 0 spiro atoms. The van der Waals surface area contributed by atoms with E-state index in [-0.39, 0.29) is 5.91 Å². The predicted octanol–water partition coefficient (Wildman–Crippen LogP) is 5.41. The Balaban J connectivity index is 1.58. The summed E-state index contributed by atoms with van der Waals surface area (Å²) in [6, 6.07) is 15.2. The van der Waals surface area contributed by atoms with Crippen molar-refractivity contribution in [3.63, 3.8) is 0 Å². The van der Waals surface area contributed by atoms with Gasteiger partial charge in [-0.3, -0.25) is 20.1 Å². The maximum Gasteiger partial charge on any atom is 0.243 e. The lowest BCUT2D eigenvalue weighted by Crippen LogP contribution is -2.30. The number of hydrogen-bond donors (Lipinski definition) is 1. The first-order valence-electron chi connectivity index (χ1n) is 8.61. The number of amidine groups is 1. The first-order valence-corrected chi connectivity index (χ1v) is 10.8. The number of fused-ring (bicyclic) bond motifs is 1. The number of carbonyl (C=O) groups excluding carboxylic acids is 1. The number of hydrogen-bond acceptors (Lipinski definition) is 6. The molecule has 0 unspecified atom stereocenters. The van der Waals surface area contributed by atoms with Crippen molar-refractivity contribution < 1.29 is 4.79 Å². The van der Waals surface area contributed by atoms with Crippen LogP contribution in [0.3, 0.4) is 0 Å². The molecule has 0 saturated carbocycles. The molecule has 1 N–H and O–H groups in total. The second-order valence-corrected chi connectivity index (χ2v) is 8.65. The number of carbonyl (C=O) groups is 1. The highest BCUT2D eigenvalue weighted by Crippen LogP contribution is 2.40. The number of allylic oxidation sites excluding steroid dienone is 2. The number of amides is 1. The summed E-state index contributed by atoms with van der Waals surface area (Å²) in [6.45, 7) is 3.96. The van der Waals surface area contributed by atoms with Gasteiger partial charge in [-0.1, -0.05) is 47.3 Å². The second kappa shape index (κ2) is 8.03. The second-order valence-electron chi connectivity index (χ2n) is 6.22. The number of para-hydroxylation sites is 1. The molecule has 142 valence electrons. The number of anilines is 1. The van der Waals surface area contributed by atoms with Crippen molar-refractivity contribution in [2.24, 2.45) is 10.1 Å². The van der Waals surface area contributed by atoms with Crippen LogP contribution in [0.25, 0.3) is 0 Å². The monoisotopic (exact) mass is 428 g/mol. The highest BCUT2D eigenvalue weighted by molar-refractivity contribution is 8.15. The Hall–Kier alpha value is -2.22. The lowest BCUT2D eigenvalue weighted by Gasteiger charge is -2.19. The summed E-state index contributed by atoms with van der Waals surface area (Å²) in [7, 11) is 0. The van der Waals surface area contributed by atoms with E-state index < -0.39 is 0 Å². The standard InChI is InChI=1S/C20H17ClN4OS2/c1-12-19(28-17-6-4-3-5-16(17)22-12)13(2)23-24-20-25(18(26)11-27-20)15-9-7-14(21)8-10-15/h3-10,23H,11H2,1-2H3/b19-13-,24-20-. The van der Waals surface area contributed by atoms with Gasteiger partial charge in [0, 0.05) is 15.6 Å². The van der Waals surface area contributed by atoms with Crippen LogP contribution in [0, 0.1) is 0 Å². The first-order chi connectivity index (χ1) is 13.5. The maximum absolute atomic E-state index is 12.3. The minimum Gasteiger partial charge on any atom is -0.279 e. The van der Waals surface area contributed by atoms with Gasteiger partial charge in [0.1, 0.15) is 0 Å². The molecule has 0 bridgehead atoms. The third-order valence-electron chi connectivity index (χ3n) is 4.20. The highest BCUT2D eigenvalue weighted by atomic mass is 35.5. The summed E-state index contributed by atoms with van der Waals surface area (Å²) in [5.74, 6) is 0.360. The fourth-order valence-corrected chi connectivity index (χ4v) is 4.80. The Morgan fingerprint density at radius 1 is 1.21 bits per heavy atom. The fourth-order valence-electron chi connectivity index (χ4n) is 2.87. The number of aliphatic imine (C=N–C) groups is 1. The van der Waals surface area contributed by atoms with Crippen molar-refractivity contribution >= 4 is 63.3 Å². The fraction of sp³-hybridized carbons (Fsp3) is 0.150. The summed E-state index contributed by atoms with van der Waals surface area (Å²) in [5, 5.41) is 5.74. The molecule has 4 rings (SSSR count). The van der Waals surface area contributed by atoms with Crippen LogP contribution < -0.4 is 10.3 Å². The molecular weight excluding hydrogens is 412 g/mol. The Bertz CT molecular complexity index is 1030. The first kappa shape index (κ1) is 19.1. The molecule has 2 heterocycles. The quantitative estimate of drug-likeness (QED) is 0.664. The van der Waals surface area contributed by atoms with Gasteiger partial charge in [0.05, 0.1) is 27.7 Å². The Kier molecular flexibility index (Phi) is 5.48. The maximum atomic E-state index is 12.3. The molecule has 8 heteroatoms. The van der Waals surface area contributed by atoms with Gasteiger partial charge < -0.3 is 0 Å². The molecule has 0 aliphatic carbocycles. The van der Waals surface area contributed by atoms with Crippen LogP contribution >= 0.6 is 35.1 Å². The average Bonchev–Trinajstić information content (AvgIpc) is 3.06. The summed E-state index contributed by atoms with van der Waals surface area (Å²) in [4.78, 5) is 20.8. The van der Waals surface area contributed by atoms with Gasteiger partial charge in [-0.05, 0) is 50.2 Å². The van der Waals surface area contributed by atoms with E-state index in [9.17, 15) is 4.79 Å². The van der Waals surface area contributed by atoms with Crippen molar-refractivity contribution in [1.82, 2.24) is 5.43 Å². The number of benzene rings is 2. The van der Waals surface area contributed by atoms with Gasteiger partial charge in [0.15, 0.2) is 5.17 Å². The molecule has 5 nitrogen and oxygen atoms in total. The molecule has 2 aliphatic rings. The zero-order valence-electron chi connectivity index (χ0n) is 15.3. The smallest absolute Gasteiger partial charge is 0.243 e. The molecule has 0 atom stereocenters. The molecule has 1 amide bonds. The van der Waals surface area contributed by atoms with Crippen molar-refractivity contribution in [1.29, 1.82) is 0 Å². The van der Waals surface area contributed by atoms with Gasteiger partial charge in [-0.25, -0.2) is 0 Å². The average molecular weight is 429 g/mol. The molecule has 1 saturated heterocycles. The minimum atomic E-state index is -0.00288. The topological polar surface area (TPSA) is 57.1 Å². The van der Waals surface area contributed by atoms with Crippen LogP contribution in [0.4, 0.5) is 11.4 Å². The van der Waals surface area contributed by atoms with Crippen molar-refractivity contribution in [2.45, 2.75) is 18.7 Å². The van der Waals surface area contributed by atoms with E-state index in [1.807, 2.05) is 44.2 Å². The molecule has 0 radical (unpaired) electrons. The van der Waals surface area contributed by atoms with Crippen molar-refractivity contribution in [2.75, 3.05) is 10.7 Å². The Morgan fingerprint density at radius 2 is 1.96 bits per heavy atom. The van der Waals surface area contributed by atoms with Crippen LogP contribution in [-0.2, 0) is 4.79 Å². The molecule has 28 heavy (non-hydrogen) atoms. The van der Waals surface area contributed by atoms with E-state index in [2.05, 4.69) is 21.6 Å². The van der Waals surface area contributed by atoms with E-state index in [0.717, 1.165) is 32.6 Å². The van der Waals surface area contributed by atoms with Crippen molar-refractivity contribution in [3.05, 3.63) is 64.2 Å². The van der Waals surface area contributed by atoms with E-state index in [4.69, 9.17) is 11.6 Å². The Labute approximate surface area is 176 Å². The van der Waals surface area contributed by atoms with E-state index >= 15 is 0 Å². The van der Waals surface area contributed by atoms with Crippen molar-refractivity contribution in [3.8, 4) is 0 Å². The number of thioether (sulfide) groups is 2. The molecule has 1 fully saturated rings. The normalized spacial score (nSPS) is 19.5. The van der Waals surface area contributed by atoms with Gasteiger partial charge >= 0.3 is 0 Å². The van der Waals surface area contributed by atoms with E-state index in [0.29, 0.717) is 15.9 Å². The van der Waals surface area contributed by atoms with Gasteiger partial charge in [0.2, 0.25) is 5.91 Å². The van der Waals surface area contributed by atoms with Crippen LogP contribution in [0.2, 0.25) is 5.02 Å². The van der Waals surface area contributed by atoms with Gasteiger partial charge in [-0.15, -0.1) is 5.10 Å². The summed E-state index contributed by atoms with van der Waals surface area (Å²) < 4.78 is 0. The molecule has 0 aromatic heterocycles. The van der Waals surface area contributed by atoms with Crippen LogP contribution in [0.1, 0.15) is 13.8 Å². The molecule has 2 aromatic rings. The van der Waals surface area contributed by atoms with Crippen LogP contribution in [0.15, 0.2) is 74.1 Å². The molecular formula is C20H17ClN4OS2. The summed E-state index contributed by atoms with van der Waals surface area (Å²) >= 11 is 9.04. The zero-order valence-corrected chi connectivity index (χ0v) is 17.7. The highest BCUT2D eigenvalue weighted by Gasteiger charge is 2.30. The van der Waals surface area contributed by atoms with Gasteiger partial charge in [0.25, 0.3) is 0 Å². The minimum absolute atomic E-state index is 0.00288. The number of nitrogens with one attached hydrogen (secondary N) is 1. The van der Waals surface area contributed by atoms with Crippen LogP contribution in [0.5, 0.6) is 0 Å². The Morgan fingerprint density at radius 3 is 2.75 bits per heavy atom. The van der Waals surface area contributed by atoms with E-state index in [1.165, 1.54) is 11.8 Å². The summed E-state index contributed by atoms with van der Waals surface area (Å²) in [6.07, 6.45) is 0. The largest absolute Gasteiger partial charge is 0.279 e. The zero-order chi connectivity index (χ0) is 19.7. The third kappa shape index (κ3) is 3.83. The van der Waals surface area contributed by atoms with Crippen LogP contribution in [-0.4, -0.2) is 22.5 Å². The lowest BCUT2D eigenvalue weighted by molar-refractivity contribution is -0.115. The summed E-state index contributed by atoms with van der Waals surface area (Å²) in [5.41, 5.74) is 6.69. The predicted molar refractivity (Wildman–Crippen MR) is 120 cm³/mol. The number of rotatable bonds is 3. The number of hydrazone groups is 1. The molecule has 2 aromatic carbocycles. The lowest BCUT2D eigenvalue weighted by atomic mass is 10.3. The molecule has 2 aliphatic heterocycles. The third-order valence-corrected chi connectivity index (χ3v) is 6.75. The SMILES string of the molecule is CC1=Nc2ccccc2S/C1=C(/C)N/N=C1\SCC(=O)N1c1ccc(Cl)cc1. The van der Waals surface area contributed by atoms with E-state index in [1.54, 1.807) is 28.8 Å².